The second-order valence-electron chi connectivity index (χ2n) is 5.98. The van der Waals surface area contributed by atoms with E-state index in [0.717, 1.165) is 16.8 Å². The van der Waals surface area contributed by atoms with Crippen molar-refractivity contribution >= 4 is 5.91 Å². The Bertz CT molecular complexity index is 991. The van der Waals surface area contributed by atoms with Crippen molar-refractivity contribution in [3.05, 3.63) is 90.5 Å². The maximum atomic E-state index is 12.3. The number of nitrogens with one attached hydrogen (secondary N) is 1. The lowest BCUT2D eigenvalue weighted by Gasteiger charge is -2.08. The third-order valence-electron chi connectivity index (χ3n) is 4.10. The average Bonchev–Trinajstić information content (AvgIpc) is 3.41. The van der Waals surface area contributed by atoms with Crippen LogP contribution in [0.25, 0.3) is 5.69 Å². The van der Waals surface area contributed by atoms with E-state index in [2.05, 4.69) is 25.5 Å². The van der Waals surface area contributed by atoms with Crippen molar-refractivity contribution in [2.45, 2.75) is 13.1 Å². The quantitative estimate of drug-likeness (QED) is 0.567. The van der Waals surface area contributed by atoms with Gasteiger partial charge in [0.25, 0.3) is 5.91 Å². The minimum atomic E-state index is -0.109. The highest BCUT2D eigenvalue weighted by atomic mass is 16.1. The van der Waals surface area contributed by atoms with Gasteiger partial charge in [-0.15, -0.1) is 0 Å². The Hall–Kier alpha value is -3.81. The van der Waals surface area contributed by atoms with Crippen LogP contribution in [0.2, 0.25) is 0 Å². The number of benzene rings is 2. The summed E-state index contributed by atoms with van der Waals surface area (Å²) in [5, 5.41) is 11.1. The lowest BCUT2D eigenvalue weighted by atomic mass is 10.1. The molecule has 8 heteroatoms. The van der Waals surface area contributed by atoms with Crippen molar-refractivity contribution in [2.24, 2.45) is 0 Å². The van der Waals surface area contributed by atoms with Crippen molar-refractivity contribution in [1.82, 2.24) is 34.8 Å². The molecule has 0 atom stereocenters. The molecule has 0 aliphatic carbocycles. The van der Waals surface area contributed by atoms with Gasteiger partial charge in [0.05, 0.1) is 12.2 Å². The van der Waals surface area contributed by atoms with Crippen molar-refractivity contribution in [2.75, 3.05) is 0 Å². The van der Waals surface area contributed by atoms with E-state index >= 15 is 0 Å². The highest BCUT2D eigenvalue weighted by Gasteiger charge is 2.06. The smallest absolute Gasteiger partial charge is 0.251 e. The summed E-state index contributed by atoms with van der Waals surface area (Å²) < 4.78 is 3.42. The molecule has 0 spiro atoms. The molecule has 134 valence electrons. The molecule has 2 aromatic carbocycles. The van der Waals surface area contributed by atoms with Crippen LogP contribution in [0, 0.1) is 0 Å². The van der Waals surface area contributed by atoms with Crippen molar-refractivity contribution in [1.29, 1.82) is 0 Å². The molecule has 27 heavy (non-hydrogen) atoms. The Kier molecular flexibility index (Phi) is 4.69. The third-order valence-corrected chi connectivity index (χ3v) is 4.10. The first-order chi connectivity index (χ1) is 13.3. The fraction of sp³-hybridized carbons (Fsp3) is 0.105. The Morgan fingerprint density at radius 1 is 0.852 bits per heavy atom. The Morgan fingerprint density at radius 3 is 2.22 bits per heavy atom. The van der Waals surface area contributed by atoms with E-state index in [1.165, 1.54) is 12.7 Å². The summed E-state index contributed by atoms with van der Waals surface area (Å²) in [5.74, 6) is -0.109. The molecule has 8 nitrogen and oxygen atoms in total. The van der Waals surface area contributed by atoms with Gasteiger partial charge in [-0.25, -0.2) is 19.3 Å². The standard InChI is InChI=1S/C19H17N7O/c27-19(17-5-1-16(2-6-17)10-25-13-20-11-23-25)22-9-15-3-7-18(8-4-15)26-14-21-12-24-26/h1-8,11-14H,9-10H2,(H,22,27). The van der Waals surface area contributed by atoms with Gasteiger partial charge < -0.3 is 5.32 Å². The van der Waals surface area contributed by atoms with E-state index in [-0.39, 0.29) is 5.91 Å². The van der Waals surface area contributed by atoms with Crippen LogP contribution in [0.1, 0.15) is 21.5 Å². The first kappa shape index (κ1) is 16.6. The Morgan fingerprint density at radius 2 is 1.56 bits per heavy atom. The van der Waals surface area contributed by atoms with E-state index in [1.54, 1.807) is 22.0 Å². The predicted molar refractivity (Wildman–Crippen MR) is 98.1 cm³/mol. The third kappa shape index (κ3) is 4.06. The van der Waals surface area contributed by atoms with E-state index in [1.807, 2.05) is 48.5 Å². The fourth-order valence-corrected chi connectivity index (χ4v) is 2.66. The van der Waals surface area contributed by atoms with Gasteiger partial charge in [-0.05, 0) is 35.4 Å². The molecule has 0 bridgehead atoms. The van der Waals surface area contributed by atoms with Gasteiger partial charge in [0.1, 0.15) is 25.3 Å². The molecule has 0 saturated carbocycles. The normalized spacial score (nSPS) is 10.7. The lowest BCUT2D eigenvalue weighted by molar-refractivity contribution is 0.0951. The Balaban J connectivity index is 1.33. The molecule has 1 amide bonds. The van der Waals surface area contributed by atoms with Crippen LogP contribution in [0.3, 0.4) is 0 Å². The summed E-state index contributed by atoms with van der Waals surface area (Å²) in [6, 6.07) is 15.3. The molecule has 1 N–H and O–H groups in total. The number of hydrogen-bond donors (Lipinski definition) is 1. The molecule has 0 aliphatic heterocycles. The lowest BCUT2D eigenvalue weighted by Crippen LogP contribution is -2.22. The highest BCUT2D eigenvalue weighted by molar-refractivity contribution is 5.94. The number of rotatable bonds is 6. The molecular weight excluding hydrogens is 342 g/mol. The largest absolute Gasteiger partial charge is 0.348 e. The van der Waals surface area contributed by atoms with Gasteiger partial charge in [-0.1, -0.05) is 24.3 Å². The van der Waals surface area contributed by atoms with Gasteiger partial charge >= 0.3 is 0 Å². The molecule has 0 radical (unpaired) electrons. The molecule has 2 heterocycles. The SMILES string of the molecule is O=C(NCc1ccc(-n2cncn2)cc1)c1ccc(Cn2cncn2)cc1. The summed E-state index contributed by atoms with van der Waals surface area (Å²) >= 11 is 0. The van der Waals surface area contributed by atoms with Crippen molar-refractivity contribution < 1.29 is 4.79 Å². The van der Waals surface area contributed by atoms with Gasteiger partial charge in [0, 0.05) is 12.1 Å². The van der Waals surface area contributed by atoms with Crippen molar-refractivity contribution in [3.8, 4) is 5.69 Å². The van der Waals surface area contributed by atoms with Crippen LogP contribution in [0.4, 0.5) is 0 Å². The maximum Gasteiger partial charge on any atom is 0.251 e. The average molecular weight is 359 g/mol. The number of hydrogen-bond acceptors (Lipinski definition) is 5. The fourth-order valence-electron chi connectivity index (χ4n) is 2.66. The molecule has 4 aromatic rings. The van der Waals surface area contributed by atoms with Crippen LogP contribution in [-0.4, -0.2) is 35.4 Å². The van der Waals surface area contributed by atoms with Crippen LogP contribution in [0.5, 0.6) is 0 Å². The first-order valence-electron chi connectivity index (χ1n) is 8.41. The maximum absolute atomic E-state index is 12.3. The van der Waals surface area contributed by atoms with Gasteiger partial charge in [0.15, 0.2) is 0 Å². The first-order valence-corrected chi connectivity index (χ1v) is 8.41. The Labute approximate surface area is 155 Å². The van der Waals surface area contributed by atoms with Gasteiger partial charge in [-0.3, -0.25) is 4.79 Å². The van der Waals surface area contributed by atoms with Crippen molar-refractivity contribution in [3.63, 3.8) is 0 Å². The van der Waals surface area contributed by atoms with Crippen LogP contribution < -0.4 is 5.32 Å². The molecule has 0 saturated heterocycles. The summed E-state index contributed by atoms with van der Waals surface area (Å²) in [7, 11) is 0. The summed E-state index contributed by atoms with van der Waals surface area (Å²) in [6.07, 6.45) is 6.30. The van der Waals surface area contributed by atoms with E-state index in [0.29, 0.717) is 18.7 Å². The molecule has 0 unspecified atom stereocenters. The minimum absolute atomic E-state index is 0.109. The zero-order chi connectivity index (χ0) is 18.5. The van der Waals surface area contributed by atoms with E-state index in [4.69, 9.17) is 0 Å². The second kappa shape index (κ2) is 7.61. The highest BCUT2D eigenvalue weighted by Crippen LogP contribution is 2.09. The summed E-state index contributed by atoms with van der Waals surface area (Å²) in [5.41, 5.74) is 3.61. The molecule has 2 aromatic heterocycles. The summed E-state index contributed by atoms with van der Waals surface area (Å²) in [6.45, 7) is 1.08. The number of nitrogens with zero attached hydrogens (tertiary/aromatic N) is 6. The van der Waals surface area contributed by atoms with E-state index in [9.17, 15) is 4.79 Å². The number of aromatic nitrogens is 6. The molecule has 4 rings (SSSR count). The molecule has 0 aliphatic rings. The monoisotopic (exact) mass is 359 g/mol. The van der Waals surface area contributed by atoms with E-state index < -0.39 is 0 Å². The predicted octanol–water partition coefficient (Wildman–Crippen LogP) is 1.84. The summed E-state index contributed by atoms with van der Waals surface area (Å²) in [4.78, 5) is 20.2. The van der Waals surface area contributed by atoms with Crippen LogP contribution in [0.15, 0.2) is 73.8 Å². The number of amides is 1. The van der Waals surface area contributed by atoms with Gasteiger partial charge in [-0.2, -0.15) is 10.2 Å². The number of carbonyl (C=O) groups is 1. The van der Waals surface area contributed by atoms with Crippen LogP contribution in [-0.2, 0) is 13.1 Å². The zero-order valence-electron chi connectivity index (χ0n) is 14.4. The molecular formula is C19H17N7O. The zero-order valence-corrected chi connectivity index (χ0v) is 14.4. The second-order valence-corrected chi connectivity index (χ2v) is 5.98. The number of carbonyl (C=O) groups excluding carboxylic acids is 1. The van der Waals surface area contributed by atoms with Crippen LogP contribution >= 0.6 is 0 Å². The minimum Gasteiger partial charge on any atom is -0.348 e. The van der Waals surface area contributed by atoms with Gasteiger partial charge in [0.2, 0.25) is 0 Å². The topological polar surface area (TPSA) is 90.5 Å². The molecule has 0 fully saturated rings.